The lowest BCUT2D eigenvalue weighted by Gasteiger charge is -2.33. The highest BCUT2D eigenvalue weighted by Crippen LogP contribution is 2.30. The second-order valence-electron chi connectivity index (χ2n) is 5.65. The number of hydrogen-bond donors (Lipinski definition) is 2. The third-order valence-corrected chi connectivity index (χ3v) is 3.18. The van der Waals surface area contributed by atoms with Crippen LogP contribution < -0.4 is 10.6 Å². The van der Waals surface area contributed by atoms with Crippen molar-refractivity contribution in [2.75, 3.05) is 0 Å². The fourth-order valence-electron chi connectivity index (χ4n) is 1.58. The summed E-state index contributed by atoms with van der Waals surface area (Å²) >= 11 is 17.6. The number of alkyl halides is 3. The van der Waals surface area contributed by atoms with Crippen LogP contribution in [0.4, 0.5) is 5.69 Å². The molecular weight excluding hydrogens is 353 g/mol. The van der Waals surface area contributed by atoms with Gasteiger partial charge in [0, 0.05) is 23.2 Å². The van der Waals surface area contributed by atoms with Gasteiger partial charge in [-0.15, -0.1) is 0 Å². The Morgan fingerprint density at radius 2 is 1.68 bits per heavy atom. The predicted octanol–water partition coefficient (Wildman–Crippen LogP) is 3.41. The van der Waals surface area contributed by atoms with Crippen molar-refractivity contribution in [3.63, 3.8) is 0 Å². The average Bonchev–Trinajstić information content (AvgIpc) is 2.35. The first-order valence-corrected chi connectivity index (χ1v) is 7.43. The van der Waals surface area contributed by atoms with Crippen LogP contribution in [0.15, 0.2) is 24.3 Å². The second kappa shape index (κ2) is 7.00. The van der Waals surface area contributed by atoms with Gasteiger partial charge >= 0.3 is 0 Å². The Bertz CT molecular complexity index is 550. The van der Waals surface area contributed by atoms with E-state index in [-0.39, 0.29) is 11.3 Å². The second-order valence-corrected chi connectivity index (χ2v) is 8.02. The number of nitro groups is 1. The molecule has 122 valence electrons. The Morgan fingerprint density at radius 3 is 2.05 bits per heavy atom. The molecule has 0 bridgehead atoms. The van der Waals surface area contributed by atoms with E-state index < -0.39 is 26.3 Å². The Labute approximate surface area is 143 Å². The third-order valence-electron chi connectivity index (χ3n) is 2.52. The minimum Gasteiger partial charge on any atom is -0.333 e. The maximum Gasteiger partial charge on any atom is 0.269 e. The van der Waals surface area contributed by atoms with E-state index >= 15 is 0 Å². The number of nitrogens with zero attached hydrogens (tertiary/aromatic N) is 1. The van der Waals surface area contributed by atoms with Gasteiger partial charge in [0.05, 0.1) is 4.92 Å². The van der Waals surface area contributed by atoms with Gasteiger partial charge < -0.3 is 5.32 Å². The van der Waals surface area contributed by atoms with Crippen LogP contribution in [0.3, 0.4) is 0 Å². The smallest absolute Gasteiger partial charge is 0.269 e. The van der Waals surface area contributed by atoms with Gasteiger partial charge in [-0.2, -0.15) is 0 Å². The number of non-ortho nitro benzene ring substituents is 1. The van der Waals surface area contributed by atoms with E-state index in [0.717, 1.165) is 0 Å². The van der Waals surface area contributed by atoms with E-state index in [1.54, 1.807) is 0 Å². The van der Waals surface area contributed by atoms with Gasteiger partial charge in [0.1, 0.15) is 6.17 Å². The number of nitro benzene ring substituents is 1. The number of carbonyl (C=O) groups excluding carboxylic acids is 1. The molecule has 1 rings (SSSR count). The highest BCUT2D eigenvalue weighted by molar-refractivity contribution is 6.68. The van der Waals surface area contributed by atoms with Crippen LogP contribution in [0.1, 0.15) is 31.1 Å². The van der Waals surface area contributed by atoms with Gasteiger partial charge in [-0.25, -0.2) is 0 Å². The van der Waals surface area contributed by atoms with Gasteiger partial charge in [0.25, 0.3) is 11.6 Å². The summed E-state index contributed by atoms with van der Waals surface area (Å²) in [6.07, 6.45) is -0.930. The lowest BCUT2D eigenvalue weighted by Crippen LogP contribution is -2.58. The molecule has 0 heterocycles. The highest BCUT2D eigenvalue weighted by Gasteiger charge is 2.36. The number of hydrogen-bond acceptors (Lipinski definition) is 4. The maximum absolute atomic E-state index is 12.2. The molecule has 22 heavy (non-hydrogen) atoms. The summed E-state index contributed by atoms with van der Waals surface area (Å²) in [6.45, 7) is 5.57. The predicted molar refractivity (Wildman–Crippen MR) is 87.5 cm³/mol. The van der Waals surface area contributed by atoms with E-state index in [1.165, 1.54) is 24.3 Å². The molecule has 1 unspecified atom stereocenters. The van der Waals surface area contributed by atoms with Crippen LogP contribution in [0.25, 0.3) is 0 Å². The molecule has 0 saturated heterocycles. The summed E-state index contributed by atoms with van der Waals surface area (Å²) in [5.41, 5.74) is -0.292. The van der Waals surface area contributed by atoms with Crippen molar-refractivity contribution in [2.24, 2.45) is 0 Å². The molecule has 0 spiro atoms. The molecule has 0 aliphatic heterocycles. The quantitative estimate of drug-likeness (QED) is 0.369. The van der Waals surface area contributed by atoms with E-state index in [4.69, 9.17) is 34.8 Å². The fourth-order valence-corrected chi connectivity index (χ4v) is 1.91. The molecule has 0 aromatic heterocycles. The Balaban J connectivity index is 2.89. The zero-order chi connectivity index (χ0) is 17.1. The first kappa shape index (κ1) is 19.0. The summed E-state index contributed by atoms with van der Waals surface area (Å²) in [7, 11) is 0. The van der Waals surface area contributed by atoms with Crippen molar-refractivity contribution in [3.8, 4) is 0 Å². The normalized spacial score (nSPS) is 13.5. The van der Waals surface area contributed by atoms with E-state index in [2.05, 4.69) is 10.6 Å². The summed E-state index contributed by atoms with van der Waals surface area (Å²) in [4.78, 5) is 22.2. The van der Waals surface area contributed by atoms with Crippen LogP contribution in [0.5, 0.6) is 0 Å². The van der Waals surface area contributed by atoms with Crippen molar-refractivity contribution >= 4 is 46.4 Å². The van der Waals surface area contributed by atoms with Gasteiger partial charge in [-0.05, 0) is 32.9 Å². The lowest BCUT2D eigenvalue weighted by molar-refractivity contribution is -0.384. The molecular formula is C13H16Cl3N3O3. The molecule has 1 amide bonds. The maximum atomic E-state index is 12.2. The Hall–Kier alpha value is -1.08. The van der Waals surface area contributed by atoms with Crippen molar-refractivity contribution in [1.82, 2.24) is 10.6 Å². The van der Waals surface area contributed by atoms with Crippen LogP contribution in [-0.4, -0.2) is 26.3 Å². The minimum absolute atomic E-state index is 0.109. The first-order valence-electron chi connectivity index (χ1n) is 6.30. The van der Waals surface area contributed by atoms with Crippen LogP contribution >= 0.6 is 34.8 Å². The molecule has 1 atom stereocenters. The molecule has 9 heteroatoms. The van der Waals surface area contributed by atoms with Crippen molar-refractivity contribution in [3.05, 3.63) is 39.9 Å². The lowest BCUT2D eigenvalue weighted by atomic mass is 10.1. The van der Waals surface area contributed by atoms with Crippen LogP contribution in [-0.2, 0) is 0 Å². The summed E-state index contributed by atoms with van der Waals surface area (Å²) in [5.74, 6) is -0.511. The van der Waals surface area contributed by atoms with Gasteiger partial charge in [0.15, 0.2) is 0 Å². The van der Waals surface area contributed by atoms with E-state index in [0.29, 0.717) is 0 Å². The third kappa shape index (κ3) is 5.96. The van der Waals surface area contributed by atoms with Crippen molar-refractivity contribution < 1.29 is 9.72 Å². The molecule has 6 nitrogen and oxygen atoms in total. The molecule has 2 N–H and O–H groups in total. The fraction of sp³-hybridized carbons (Fsp3) is 0.462. The number of halogens is 3. The van der Waals surface area contributed by atoms with Crippen molar-refractivity contribution in [1.29, 1.82) is 0 Å². The van der Waals surface area contributed by atoms with Gasteiger partial charge in [0.2, 0.25) is 3.79 Å². The first-order chi connectivity index (χ1) is 9.90. The van der Waals surface area contributed by atoms with Crippen molar-refractivity contribution in [2.45, 2.75) is 36.3 Å². The SMILES string of the molecule is CC(C)(C)NC(NC(=O)c1ccc([N+](=O)[O-])cc1)C(Cl)(Cl)Cl. The number of carbonyl (C=O) groups is 1. The average molecular weight is 369 g/mol. The molecule has 0 saturated carbocycles. The summed E-state index contributed by atoms with van der Waals surface area (Å²) < 4.78 is -1.76. The number of rotatable bonds is 4. The zero-order valence-corrected chi connectivity index (χ0v) is 14.5. The van der Waals surface area contributed by atoms with E-state index in [1.807, 2.05) is 20.8 Å². The highest BCUT2D eigenvalue weighted by atomic mass is 35.6. The Morgan fingerprint density at radius 1 is 1.18 bits per heavy atom. The molecule has 1 aromatic rings. The van der Waals surface area contributed by atoms with Gasteiger partial charge in [-0.3, -0.25) is 20.2 Å². The molecule has 0 fully saturated rings. The zero-order valence-electron chi connectivity index (χ0n) is 12.2. The Kier molecular flexibility index (Phi) is 6.03. The summed E-state index contributed by atoms with van der Waals surface area (Å²) in [5, 5.41) is 16.1. The number of amides is 1. The minimum atomic E-state index is -1.76. The van der Waals surface area contributed by atoms with E-state index in [9.17, 15) is 14.9 Å². The molecule has 0 aliphatic carbocycles. The largest absolute Gasteiger partial charge is 0.333 e. The summed E-state index contributed by atoms with van der Waals surface area (Å²) in [6, 6.07) is 5.13. The molecule has 0 radical (unpaired) electrons. The van der Waals surface area contributed by atoms with Crippen LogP contribution in [0.2, 0.25) is 0 Å². The molecule has 1 aromatic carbocycles. The number of nitrogens with one attached hydrogen (secondary N) is 2. The van der Waals surface area contributed by atoms with Gasteiger partial charge in [-0.1, -0.05) is 34.8 Å². The molecule has 0 aliphatic rings. The topological polar surface area (TPSA) is 84.3 Å². The monoisotopic (exact) mass is 367 g/mol. The number of benzene rings is 1. The standard InChI is InChI=1S/C13H16Cl3N3O3/c1-12(2,3)18-11(13(14,15)16)17-10(20)8-4-6-9(7-5-8)19(21)22/h4-7,11,18H,1-3H3,(H,17,20). The van der Waals surface area contributed by atoms with Crippen LogP contribution in [0, 0.1) is 10.1 Å².